The zero-order valence-electron chi connectivity index (χ0n) is 15.4. The quantitative estimate of drug-likeness (QED) is 0.444. The monoisotopic (exact) mass is 428 g/mol. The van der Waals surface area contributed by atoms with Crippen molar-refractivity contribution in [3.05, 3.63) is 83.0 Å². The Morgan fingerprint density at radius 3 is 2.53 bits per heavy atom. The molecule has 0 aliphatic carbocycles. The van der Waals surface area contributed by atoms with Crippen molar-refractivity contribution >= 4 is 39.4 Å². The van der Waals surface area contributed by atoms with Gasteiger partial charge in [0.15, 0.2) is 0 Å². The maximum Gasteiger partial charge on any atom is 0.445 e. The minimum atomic E-state index is -4.59. The van der Waals surface area contributed by atoms with Gasteiger partial charge in [0.2, 0.25) is 16.0 Å². The third-order valence-corrected chi connectivity index (χ3v) is 5.21. The molecule has 152 valence electrons. The van der Waals surface area contributed by atoms with E-state index in [9.17, 15) is 18.0 Å². The van der Waals surface area contributed by atoms with Crippen LogP contribution in [0.2, 0.25) is 0 Å². The summed E-state index contributed by atoms with van der Waals surface area (Å²) in [5.41, 5.74) is 2.98. The number of para-hydroxylation sites is 1. The number of carbonyl (C=O) groups excluding carboxylic acids is 1. The van der Waals surface area contributed by atoms with Crippen molar-refractivity contribution in [1.29, 1.82) is 0 Å². The van der Waals surface area contributed by atoms with Crippen LogP contribution in [0.25, 0.3) is 17.0 Å². The lowest BCUT2D eigenvalue weighted by atomic mass is 10.1. The number of hydrogen-bond acceptors (Lipinski definition) is 4. The standard InChI is InChI=1S/C21H15F3N4OS/c22-21(23,24)19-26-27-20(30-19)25-18(29)11-10-15-13-28(12-14-6-2-1-3-7-14)17-9-5-4-8-16(15)17/h1-11,13H,12H2,(H,25,27,29)/b11-10+. The Morgan fingerprint density at radius 1 is 1.07 bits per heavy atom. The highest BCUT2D eigenvalue weighted by Crippen LogP contribution is 2.33. The normalized spacial score (nSPS) is 12.0. The highest BCUT2D eigenvalue weighted by molar-refractivity contribution is 7.15. The van der Waals surface area contributed by atoms with Crippen LogP contribution in [0.3, 0.4) is 0 Å². The minimum Gasteiger partial charge on any atom is -0.342 e. The predicted octanol–water partition coefficient (Wildman–Crippen LogP) is 5.21. The van der Waals surface area contributed by atoms with Crippen LogP contribution in [0.5, 0.6) is 0 Å². The number of fused-ring (bicyclic) bond motifs is 1. The van der Waals surface area contributed by atoms with E-state index < -0.39 is 17.1 Å². The van der Waals surface area contributed by atoms with Gasteiger partial charge >= 0.3 is 6.18 Å². The zero-order valence-corrected chi connectivity index (χ0v) is 16.2. The zero-order chi connectivity index (χ0) is 21.1. The van der Waals surface area contributed by atoms with Crippen LogP contribution < -0.4 is 5.32 Å². The number of nitrogens with zero attached hydrogens (tertiary/aromatic N) is 3. The fourth-order valence-corrected chi connectivity index (χ4v) is 3.63. The molecule has 2 aromatic heterocycles. The van der Waals surface area contributed by atoms with E-state index in [1.165, 1.54) is 6.08 Å². The highest BCUT2D eigenvalue weighted by atomic mass is 32.1. The molecule has 0 atom stereocenters. The lowest BCUT2D eigenvalue weighted by Crippen LogP contribution is -2.07. The maximum absolute atomic E-state index is 12.6. The molecule has 0 radical (unpaired) electrons. The molecule has 2 heterocycles. The summed E-state index contributed by atoms with van der Waals surface area (Å²) in [6.45, 7) is 0.673. The molecule has 1 amide bonds. The minimum absolute atomic E-state index is 0.205. The Bertz CT molecular complexity index is 1210. The molecule has 2 aromatic carbocycles. The SMILES string of the molecule is O=C(/C=C/c1cn(Cc2ccccc2)c2ccccc12)Nc1nnc(C(F)(F)F)s1. The second-order valence-electron chi connectivity index (χ2n) is 6.45. The van der Waals surface area contributed by atoms with Crippen LogP contribution in [0.15, 0.2) is 66.9 Å². The number of carbonyl (C=O) groups is 1. The van der Waals surface area contributed by atoms with E-state index in [0.717, 1.165) is 22.0 Å². The number of amides is 1. The van der Waals surface area contributed by atoms with Crippen LogP contribution in [0.1, 0.15) is 16.1 Å². The number of alkyl halides is 3. The number of halogens is 3. The van der Waals surface area contributed by atoms with Crippen molar-refractivity contribution < 1.29 is 18.0 Å². The molecule has 1 N–H and O–H groups in total. The summed E-state index contributed by atoms with van der Waals surface area (Å²) in [5, 5.41) is 8.37. The van der Waals surface area contributed by atoms with Gasteiger partial charge in [-0.1, -0.05) is 59.9 Å². The highest BCUT2D eigenvalue weighted by Gasteiger charge is 2.35. The summed E-state index contributed by atoms with van der Waals surface area (Å²) < 4.78 is 39.9. The number of benzene rings is 2. The Balaban J connectivity index is 1.54. The summed E-state index contributed by atoms with van der Waals surface area (Å²) >= 11 is 0.281. The number of aromatic nitrogens is 3. The van der Waals surface area contributed by atoms with Crippen molar-refractivity contribution in [2.45, 2.75) is 12.7 Å². The van der Waals surface area contributed by atoms with Crippen molar-refractivity contribution in [3.63, 3.8) is 0 Å². The van der Waals surface area contributed by atoms with Gasteiger partial charge in [-0.2, -0.15) is 13.2 Å². The Kier molecular flexibility index (Phi) is 5.37. The summed E-state index contributed by atoms with van der Waals surface area (Å²) in [6, 6.07) is 17.8. The van der Waals surface area contributed by atoms with E-state index in [-0.39, 0.29) is 16.5 Å². The van der Waals surface area contributed by atoms with Crippen molar-refractivity contribution in [2.75, 3.05) is 5.32 Å². The fourth-order valence-electron chi connectivity index (χ4n) is 3.02. The number of anilines is 1. The van der Waals surface area contributed by atoms with Crippen LogP contribution in [0, 0.1) is 0 Å². The van der Waals surface area contributed by atoms with E-state index in [0.29, 0.717) is 6.54 Å². The van der Waals surface area contributed by atoms with Gasteiger partial charge in [0.05, 0.1) is 0 Å². The summed E-state index contributed by atoms with van der Waals surface area (Å²) in [5.74, 6) is -0.584. The molecule has 0 saturated heterocycles. The topological polar surface area (TPSA) is 59.8 Å². The van der Waals surface area contributed by atoms with Crippen molar-refractivity contribution in [1.82, 2.24) is 14.8 Å². The average molecular weight is 428 g/mol. The summed E-state index contributed by atoms with van der Waals surface area (Å²) in [6.07, 6.45) is 0.249. The van der Waals surface area contributed by atoms with Gasteiger partial charge in [-0.3, -0.25) is 10.1 Å². The van der Waals surface area contributed by atoms with Crippen LogP contribution >= 0.6 is 11.3 Å². The van der Waals surface area contributed by atoms with Gasteiger partial charge in [-0.05, 0) is 17.7 Å². The Labute approximate surface area is 173 Å². The summed E-state index contributed by atoms with van der Waals surface area (Å²) in [7, 11) is 0. The molecule has 0 aliphatic heterocycles. The first kappa shape index (κ1) is 19.8. The first-order valence-corrected chi connectivity index (χ1v) is 9.73. The molecule has 4 rings (SSSR count). The number of hydrogen-bond donors (Lipinski definition) is 1. The Hall–Kier alpha value is -3.46. The number of nitrogens with one attached hydrogen (secondary N) is 1. The molecule has 4 aromatic rings. The lowest BCUT2D eigenvalue weighted by Gasteiger charge is -2.05. The van der Waals surface area contributed by atoms with Gasteiger partial charge < -0.3 is 4.57 Å². The molecule has 0 fully saturated rings. The molecule has 30 heavy (non-hydrogen) atoms. The fraction of sp³-hybridized carbons (Fsp3) is 0.0952. The molecular formula is C21H15F3N4OS. The van der Waals surface area contributed by atoms with Gasteiger partial charge in [-0.15, -0.1) is 10.2 Å². The van der Waals surface area contributed by atoms with Crippen molar-refractivity contribution in [3.8, 4) is 0 Å². The van der Waals surface area contributed by atoms with Crippen LogP contribution in [0.4, 0.5) is 18.3 Å². The molecule has 0 aliphatic rings. The third-order valence-electron chi connectivity index (χ3n) is 4.33. The van der Waals surface area contributed by atoms with E-state index in [2.05, 4.69) is 20.1 Å². The van der Waals surface area contributed by atoms with Gasteiger partial charge in [0, 0.05) is 35.3 Å². The third kappa shape index (κ3) is 4.41. The molecule has 0 spiro atoms. The van der Waals surface area contributed by atoms with E-state index >= 15 is 0 Å². The Morgan fingerprint density at radius 2 is 1.80 bits per heavy atom. The van der Waals surface area contributed by atoms with Crippen LogP contribution in [-0.4, -0.2) is 20.7 Å². The predicted molar refractivity (Wildman–Crippen MR) is 110 cm³/mol. The molecule has 5 nitrogen and oxygen atoms in total. The second kappa shape index (κ2) is 8.11. The molecule has 0 bridgehead atoms. The largest absolute Gasteiger partial charge is 0.445 e. The van der Waals surface area contributed by atoms with Gasteiger partial charge in [0.1, 0.15) is 0 Å². The van der Waals surface area contributed by atoms with Gasteiger partial charge in [0.25, 0.3) is 0 Å². The van der Waals surface area contributed by atoms with E-state index in [1.54, 1.807) is 6.08 Å². The maximum atomic E-state index is 12.6. The van der Waals surface area contributed by atoms with Crippen molar-refractivity contribution in [2.24, 2.45) is 0 Å². The second-order valence-corrected chi connectivity index (χ2v) is 7.43. The number of rotatable bonds is 5. The molecule has 9 heteroatoms. The lowest BCUT2D eigenvalue weighted by molar-refractivity contribution is -0.138. The summed E-state index contributed by atoms with van der Waals surface area (Å²) in [4.78, 5) is 12.1. The molecular weight excluding hydrogens is 413 g/mol. The molecule has 0 saturated carbocycles. The van der Waals surface area contributed by atoms with Crippen LogP contribution in [-0.2, 0) is 17.5 Å². The van der Waals surface area contributed by atoms with E-state index in [1.807, 2.05) is 60.8 Å². The smallest absolute Gasteiger partial charge is 0.342 e. The first-order valence-electron chi connectivity index (χ1n) is 8.92. The average Bonchev–Trinajstić information content (AvgIpc) is 3.33. The molecule has 0 unspecified atom stereocenters. The van der Waals surface area contributed by atoms with Gasteiger partial charge in [-0.25, -0.2) is 0 Å². The first-order chi connectivity index (χ1) is 14.4. The van der Waals surface area contributed by atoms with E-state index in [4.69, 9.17) is 0 Å².